The first-order valence-electron chi connectivity index (χ1n) is 8.46. The minimum Gasteiger partial charge on any atom is -0.393 e. The molecule has 1 N–H and O–H groups in total. The van der Waals surface area contributed by atoms with Crippen LogP contribution in [0.4, 0.5) is 0 Å². The number of hydrogen-bond donors (Lipinski definition) is 1. The number of aliphatic hydroxyl groups is 1. The van der Waals surface area contributed by atoms with Gasteiger partial charge in [0.15, 0.2) is 0 Å². The summed E-state index contributed by atoms with van der Waals surface area (Å²) in [6, 6.07) is 2.17. The Morgan fingerprint density at radius 1 is 1.25 bits per heavy atom. The number of aliphatic hydroxyl groups excluding tert-OH is 1. The summed E-state index contributed by atoms with van der Waals surface area (Å²) < 4.78 is 2.05. The molecule has 1 aliphatic carbocycles. The van der Waals surface area contributed by atoms with E-state index in [1.165, 1.54) is 44.2 Å². The molecular formula is C17H30N2O. The molecule has 0 aromatic carbocycles. The van der Waals surface area contributed by atoms with Gasteiger partial charge in [-0.05, 0) is 31.7 Å². The number of hydrogen-bond acceptors (Lipinski definition) is 2. The van der Waals surface area contributed by atoms with Crippen molar-refractivity contribution in [3.05, 3.63) is 17.5 Å². The molecular weight excluding hydrogens is 248 g/mol. The summed E-state index contributed by atoms with van der Waals surface area (Å²) in [5.41, 5.74) is 2.34. The Kier molecular flexibility index (Phi) is 6.08. The summed E-state index contributed by atoms with van der Waals surface area (Å²) in [5.74, 6) is 0.733. The highest BCUT2D eigenvalue weighted by atomic mass is 16.3. The Bertz CT molecular complexity index is 392. The van der Waals surface area contributed by atoms with E-state index in [4.69, 9.17) is 0 Å². The van der Waals surface area contributed by atoms with Crippen molar-refractivity contribution in [1.82, 2.24) is 9.78 Å². The van der Waals surface area contributed by atoms with Crippen LogP contribution in [0.25, 0.3) is 0 Å². The lowest BCUT2D eigenvalue weighted by atomic mass is 9.92. The Morgan fingerprint density at radius 2 is 1.95 bits per heavy atom. The molecule has 1 aliphatic rings. The molecule has 0 bridgehead atoms. The number of aryl methyl sites for hydroxylation is 2. The molecule has 1 fully saturated rings. The van der Waals surface area contributed by atoms with E-state index in [1.807, 2.05) is 0 Å². The fourth-order valence-corrected chi connectivity index (χ4v) is 3.43. The highest BCUT2D eigenvalue weighted by molar-refractivity contribution is 5.11. The molecule has 0 amide bonds. The van der Waals surface area contributed by atoms with E-state index in [2.05, 4.69) is 29.7 Å². The van der Waals surface area contributed by atoms with Gasteiger partial charge in [0.2, 0.25) is 0 Å². The van der Waals surface area contributed by atoms with Crippen LogP contribution >= 0.6 is 0 Å². The third-order valence-corrected chi connectivity index (χ3v) is 4.60. The Morgan fingerprint density at radius 3 is 2.55 bits per heavy atom. The molecule has 2 rings (SSSR count). The quantitative estimate of drug-likeness (QED) is 0.805. The predicted octanol–water partition coefficient (Wildman–Crippen LogP) is 3.73. The predicted molar refractivity (Wildman–Crippen MR) is 82.8 cm³/mol. The van der Waals surface area contributed by atoms with E-state index in [1.54, 1.807) is 0 Å². The molecule has 1 aromatic heterocycles. The highest BCUT2D eigenvalue weighted by Crippen LogP contribution is 2.27. The summed E-state index contributed by atoms with van der Waals surface area (Å²) in [6.07, 6.45) is 10.6. The topological polar surface area (TPSA) is 38.0 Å². The van der Waals surface area contributed by atoms with Gasteiger partial charge in [-0.1, -0.05) is 45.4 Å². The Balaban J connectivity index is 1.89. The molecule has 1 saturated carbocycles. The Labute approximate surface area is 123 Å². The first-order valence-corrected chi connectivity index (χ1v) is 8.46. The molecule has 3 heteroatoms. The van der Waals surface area contributed by atoms with Crippen molar-refractivity contribution in [3.8, 4) is 0 Å². The molecule has 1 atom stereocenters. The van der Waals surface area contributed by atoms with Gasteiger partial charge < -0.3 is 5.11 Å². The largest absolute Gasteiger partial charge is 0.393 e. The lowest BCUT2D eigenvalue weighted by Crippen LogP contribution is -2.18. The smallest absolute Gasteiger partial charge is 0.0624 e. The van der Waals surface area contributed by atoms with Gasteiger partial charge in [-0.15, -0.1) is 0 Å². The van der Waals surface area contributed by atoms with E-state index in [-0.39, 0.29) is 6.10 Å². The van der Waals surface area contributed by atoms with Crippen molar-refractivity contribution in [2.45, 2.75) is 84.3 Å². The minimum atomic E-state index is -0.204. The van der Waals surface area contributed by atoms with Gasteiger partial charge in [0.25, 0.3) is 0 Å². The maximum Gasteiger partial charge on any atom is 0.0624 e. The van der Waals surface area contributed by atoms with Crippen LogP contribution in [-0.4, -0.2) is 21.0 Å². The van der Waals surface area contributed by atoms with Crippen LogP contribution in [-0.2, 0) is 19.4 Å². The molecule has 1 heterocycles. The first-order chi connectivity index (χ1) is 9.72. The van der Waals surface area contributed by atoms with Crippen LogP contribution in [0.1, 0.15) is 70.2 Å². The normalized spacial score (nSPS) is 18.9. The lowest BCUT2D eigenvalue weighted by molar-refractivity contribution is 0.135. The minimum absolute atomic E-state index is 0.204. The molecule has 0 aliphatic heterocycles. The fourth-order valence-electron chi connectivity index (χ4n) is 3.43. The fraction of sp³-hybridized carbons (Fsp3) is 0.824. The van der Waals surface area contributed by atoms with Gasteiger partial charge in [-0.25, -0.2) is 0 Å². The van der Waals surface area contributed by atoms with Crippen molar-refractivity contribution in [2.75, 3.05) is 0 Å². The maximum absolute atomic E-state index is 10.4. The highest BCUT2D eigenvalue weighted by Gasteiger charge is 2.18. The number of rotatable bonds is 6. The SMILES string of the molecule is CCc1cc(CC(O)CC2CCCCCC2)n(CC)n1. The average Bonchev–Trinajstić information content (AvgIpc) is 2.65. The molecule has 3 nitrogen and oxygen atoms in total. The summed E-state index contributed by atoms with van der Waals surface area (Å²) in [6.45, 7) is 5.15. The second-order valence-corrected chi connectivity index (χ2v) is 6.25. The summed E-state index contributed by atoms with van der Waals surface area (Å²) in [4.78, 5) is 0. The van der Waals surface area contributed by atoms with Gasteiger partial charge in [0.05, 0.1) is 11.8 Å². The summed E-state index contributed by atoms with van der Waals surface area (Å²) in [5, 5.41) is 15.0. The summed E-state index contributed by atoms with van der Waals surface area (Å²) >= 11 is 0. The van der Waals surface area contributed by atoms with Gasteiger partial charge in [0, 0.05) is 18.7 Å². The van der Waals surface area contributed by atoms with Crippen LogP contribution < -0.4 is 0 Å². The number of aromatic nitrogens is 2. The van der Waals surface area contributed by atoms with Gasteiger partial charge >= 0.3 is 0 Å². The standard InChI is InChI=1S/C17H30N2O/c1-3-15-12-16(19(4-2)18-15)13-17(20)11-14-9-7-5-6-8-10-14/h12,14,17,20H,3-11,13H2,1-2H3. The molecule has 114 valence electrons. The van der Waals surface area contributed by atoms with E-state index < -0.39 is 0 Å². The second kappa shape index (κ2) is 7.82. The maximum atomic E-state index is 10.4. The average molecular weight is 278 g/mol. The van der Waals surface area contributed by atoms with Crippen molar-refractivity contribution in [3.63, 3.8) is 0 Å². The van der Waals surface area contributed by atoms with Crippen molar-refractivity contribution < 1.29 is 5.11 Å². The van der Waals surface area contributed by atoms with Gasteiger partial charge in [-0.3, -0.25) is 4.68 Å². The summed E-state index contributed by atoms with van der Waals surface area (Å²) in [7, 11) is 0. The zero-order valence-electron chi connectivity index (χ0n) is 13.1. The molecule has 0 radical (unpaired) electrons. The van der Waals surface area contributed by atoms with Crippen LogP contribution in [0, 0.1) is 5.92 Å². The molecule has 20 heavy (non-hydrogen) atoms. The van der Waals surface area contributed by atoms with Crippen molar-refractivity contribution >= 4 is 0 Å². The molecule has 0 spiro atoms. The van der Waals surface area contributed by atoms with Crippen LogP contribution in [0.3, 0.4) is 0 Å². The van der Waals surface area contributed by atoms with Gasteiger partial charge in [0.1, 0.15) is 0 Å². The monoisotopic (exact) mass is 278 g/mol. The van der Waals surface area contributed by atoms with E-state index >= 15 is 0 Å². The van der Waals surface area contributed by atoms with E-state index in [9.17, 15) is 5.11 Å². The molecule has 1 aromatic rings. The number of nitrogens with zero attached hydrogens (tertiary/aromatic N) is 2. The third-order valence-electron chi connectivity index (χ3n) is 4.60. The molecule has 1 unspecified atom stereocenters. The lowest BCUT2D eigenvalue weighted by Gasteiger charge is -2.18. The zero-order chi connectivity index (χ0) is 14.4. The van der Waals surface area contributed by atoms with Crippen molar-refractivity contribution in [2.24, 2.45) is 5.92 Å². The van der Waals surface area contributed by atoms with Crippen LogP contribution in [0.5, 0.6) is 0 Å². The zero-order valence-corrected chi connectivity index (χ0v) is 13.1. The van der Waals surface area contributed by atoms with Gasteiger partial charge in [-0.2, -0.15) is 5.10 Å². The van der Waals surface area contributed by atoms with Crippen LogP contribution in [0.2, 0.25) is 0 Å². The first kappa shape index (κ1) is 15.6. The molecule has 0 saturated heterocycles. The third kappa shape index (κ3) is 4.34. The van der Waals surface area contributed by atoms with Crippen molar-refractivity contribution in [1.29, 1.82) is 0 Å². The van der Waals surface area contributed by atoms with E-state index in [0.29, 0.717) is 0 Å². The second-order valence-electron chi connectivity index (χ2n) is 6.25. The Hall–Kier alpha value is -0.830. The van der Waals surface area contributed by atoms with Crippen LogP contribution in [0.15, 0.2) is 6.07 Å². The van der Waals surface area contributed by atoms with E-state index in [0.717, 1.165) is 37.4 Å².